The third kappa shape index (κ3) is 3.68. The largest absolute Gasteiger partial charge is 0.494 e. The van der Waals surface area contributed by atoms with Crippen LogP contribution in [0.2, 0.25) is 0 Å². The molecule has 3 aromatic rings. The number of aromatic amines is 1. The molecule has 0 radical (unpaired) electrons. The van der Waals surface area contributed by atoms with Gasteiger partial charge in [0.2, 0.25) is 0 Å². The number of aromatic nitrogens is 2. The Balaban J connectivity index is 1.56. The molecule has 0 aliphatic carbocycles. The molecule has 1 aliphatic rings. The third-order valence-corrected chi connectivity index (χ3v) is 5.12. The normalized spacial score (nSPS) is 17.7. The molecular formula is C21H24FN3O2. The van der Waals surface area contributed by atoms with Crippen LogP contribution in [0.25, 0.3) is 11.0 Å². The van der Waals surface area contributed by atoms with E-state index in [4.69, 9.17) is 4.74 Å². The summed E-state index contributed by atoms with van der Waals surface area (Å²) >= 11 is 0. The number of H-pyrrole nitrogens is 1. The molecule has 27 heavy (non-hydrogen) atoms. The molecule has 0 saturated carbocycles. The number of aliphatic hydroxyl groups is 1. The number of benzene rings is 2. The van der Waals surface area contributed by atoms with Gasteiger partial charge in [-0.25, -0.2) is 9.37 Å². The maximum absolute atomic E-state index is 13.5. The predicted octanol–water partition coefficient (Wildman–Crippen LogP) is 3.93. The Bertz CT molecular complexity index is 940. The second-order valence-electron chi connectivity index (χ2n) is 6.95. The van der Waals surface area contributed by atoms with E-state index in [0.29, 0.717) is 6.61 Å². The van der Waals surface area contributed by atoms with Crippen molar-refractivity contribution in [2.45, 2.75) is 39.0 Å². The van der Waals surface area contributed by atoms with E-state index < -0.39 is 0 Å². The van der Waals surface area contributed by atoms with Crippen molar-refractivity contribution in [3.05, 3.63) is 59.2 Å². The van der Waals surface area contributed by atoms with Crippen molar-refractivity contribution < 1.29 is 14.2 Å². The Morgan fingerprint density at radius 1 is 1.30 bits per heavy atom. The zero-order chi connectivity index (χ0) is 18.8. The number of ether oxygens (including phenoxy) is 1. The SMILES string of the molecule is CCOc1ccc(CN2CCC[C@H]2c2nc3ccc(F)cc3[nH]2)cc1CO. The van der Waals surface area contributed by atoms with Crippen molar-refractivity contribution in [2.24, 2.45) is 0 Å². The molecule has 2 N–H and O–H groups in total. The fourth-order valence-electron chi connectivity index (χ4n) is 3.87. The lowest BCUT2D eigenvalue weighted by molar-refractivity contribution is 0.239. The maximum atomic E-state index is 13.5. The van der Waals surface area contributed by atoms with E-state index >= 15 is 0 Å². The van der Waals surface area contributed by atoms with Crippen LogP contribution in [0, 0.1) is 5.82 Å². The molecule has 1 aliphatic heterocycles. The van der Waals surface area contributed by atoms with Crippen LogP contribution in [-0.4, -0.2) is 33.1 Å². The van der Waals surface area contributed by atoms with Gasteiger partial charge in [0.1, 0.15) is 17.4 Å². The molecule has 1 fully saturated rings. The smallest absolute Gasteiger partial charge is 0.125 e. The first-order valence-corrected chi connectivity index (χ1v) is 9.42. The van der Waals surface area contributed by atoms with Gasteiger partial charge in [-0.1, -0.05) is 6.07 Å². The molecule has 4 rings (SSSR count). The highest BCUT2D eigenvalue weighted by molar-refractivity contribution is 5.75. The Kier molecular flexibility index (Phi) is 5.09. The van der Waals surface area contributed by atoms with Crippen LogP contribution in [0.5, 0.6) is 5.75 Å². The van der Waals surface area contributed by atoms with E-state index in [1.807, 2.05) is 25.1 Å². The topological polar surface area (TPSA) is 61.4 Å². The number of likely N-dealkylation sites (tertiary alicyclic amines) is 1. The van der Waals surface area contributed by atoms with Crippen molar-refractivity contribution >= 4 is 11.0 Å². The number of hydrogen-bond acceptors (Lipinski definition) is 4. The van der Waals surface area contributed by atoms with Crippen LogP contribution in [0.1, 0.15) is 42.8 Å². The molecule has 0 spiro atoms. The summed E-state index contributed by atoms with van der Waals surface area (Å²) in [6, 6.07) is 10.8. The Labute approximate surface area is 157 Å². The van der Waals surface area contributed by atoms with Gasteiger partial charge in [-0.15, -0.1) is 0 Å². The van der Waals surface area contributed by atoms with Crippen molar-refractivity contribution in [3.8, 4) is 5.75 Å². The number of nitrogens with zero attached hydrogens (tertiary/aromatic N) is 2. The molecule has 1 aromatic heterocycles. The first kappa shape index (κ1) is 17.9. The van der Waals surface area contributed by atoms with Gasteiger partial charge in [0.25, 0.3) is 0 Å². The van der Waals surface area contributed by atoms with Crippen LogP contribution in [0.4, 0.5) is 4.39 Å². The number of fused-ring (bicyclic) bond motifs is 1. The first-order chi connectivity index (χ1) is 13.2. The minimum absolute atomic E-state index is 0.0399. The lowest BCUT2D eigenvalue weighted by atomic mass is 10.1. The van der Waals surface area contributed by atoms with Gasteiger partial charge in [-0.3, -0.25) is 4.90 Å². The van der Waals surface area contributed by atoms with E-state index in [1.165, 1.54) is 12.1 Å². The molecule has 0 unspecified atom stereocenters. The van der Waals surface area contributed by atoms with E-state index in [0.717, 1.165) is 59.7 Å². The Morgan fingerprint density at radius 2 is 2.19 bits per heavy atom. The number of halogens is 1. The fraction of sp³-hybridized carbons (Fsp3) is 0.381. The van der Waals surface area contributed by atoms with Gasteiger partial charge < -0.3 is 14.8 Å². The third-order valence-electron chi connectivity index (χ3n) is 5.12. The molecule has 0 bridgehead atoms. The summed E-state index contributed by atoms with van der Waals surface area (Å²) in [5.41, 5.74) is 3.48. The van der Waals surface area contributed by atoms with Crippen LogP contribution in [0.15, 0.2) is 36.4 Å². The minimum Gasteiger partial charge on any atom is -0.494 e. The fourth-order valence-corrected chi connectivity index (χ4v) is 3.87. The molecular weight excluding hydrogens is 345 g/mol. The molecule has 2 aromatic carbocycles. The van der Waals surface area contributed by atoms with Crippen LogP contribution >= 0.6 is 0 Å². The minimum atomic E-state index is -0.258. The van der Waals surface area contributed by atoms with E-state index in [-0.39, 0.29) is 18.5 Å². The highest BCUT2D eigenvalue weighted by atomic mass is 19.1. The quantitative estimate of drug-likeness (QED) is 0.691. The standard InChI is InChI=1S/C21H24FN3O2/c1-2-27-20-8-5-14(10-15(20)13-26)12-25-9-3-4-19(25)21-23-17-7-6-16(22)11-18(17)24-21/h5-8,10-11,19,26H,2-4,9,12-13H2,1H3,(H,23,24)/t19-/m0/s1. The van der Waals surface area contributed by atoms with Gasteiger partial charge in [0.05, 0.1) is 30.3 Å². The molecule has 1 atom stereocenters. The van der Waals surface area contributed by atoms with Gasteiger partial charge >= 0.3 is 0 Å². The highest BCUT2D eigenvalue weighted by Crippen LogP contribution is 2.33. The molecule has 6 heteroatoms. The molecule has 5 nitrogen and oxygen atoms in total. The number of aliphatic hydroxyl groups excluding tert-OH is 1. The first-order valence-electron chi connectivity index (χ1n) is 9.42. The van der Waals surface area contributed by atoms with Gasteiger partial charge in [-0.2, -0.15) is 0 Å². The second kappa shape index (κ2) is 7.66. The van der Waals surface area contributed by atoms with Crippen molar-refractivity contribution in [2.75, 3.05) is 13.2 Å². The number of imidazole rings is 1. The zero-order valence-corrected chi connectivity index (χ0v) is 15.4. The number of rotatable bonds is 6. The highest BCUT2D eigenvalue weighted by Gasteiger charge is 2.28. The average Bonchev–Trinajstić information content (AvgIpc) is 3.29. The zero-order valence-electron chi connectivity index (χ0n) is 15.4. The van der Waals surface area contributed by atoms with Crippen LogP contribution < -0.4 is 4.74 Å². The van der Waals surface area contributed by atoms with Crippen molar-refractivity contribution in [1.29, 1.82) is 0 Å². The summed E-state index contributed by atoms with van der Waals surface area (Å²) in [6.45, 7) is 4.23. The molecule has 2 heterocycles. The Morgan fingerprint density at radius 3 is 3.00 bits per heavy atom. The number of nitrogens with one attached hydrogen (secondary N) is 1. The monoisotopic (exact) mass is 369 g/mol. The lowest BCUT2D eigenvalue weighted by Gasteiger charge is -2.23. The van der Waals surface area contributed by atoms with Crippen LogP contribution in [-0.2, 0) is 13.2 Å². The lowest BCUT2D eigenvalue weighted by Crippen LogP contribution is -2.23. The molecule has 0 amide bonds. The predicted molar refractivity (Wildman–Crippen MR) is 102 cm³/mol. The number of hydrogen-bond donors (Lipinski definition) is 2. The van der Waals surface area contributed by atoms with Crippen molar-refractivity contribution in [1.82, 2.24) is 14.9 Å². The molecule has 1 saturated heterocycles. The summed E-state index contributed by atoms with van der Waals surface area (Å²) in [4.78, 5) is 10.3. The van der Waals surface area contributed by atoms with Gasteiger partial charge in [-0.05, 0) is 62.2 Å². The van der Waals surface area contributed by atoms with E-state index in [9.17, 15) is 9.50 Å². The van der Waals surface area contributed by atoms with E-state index in [2.05, 4.69) is 14.9 Å². The summed E-state index contributed by atoms with van der Waals surface area (Å²) < 4.78 is 19.0. The Hall–Kier alpha value is -2.44. The maximum Gasteiger partial charge on any atom is 0.125 e. The summed E-state index contributed by atoms with van der Waals surface area (Å²) in [6.07, 6.45) is 2.12. The second-order valence-corrected chi connectivity index (χ2v) is 6.95. The van der Waals surface area contributed by atoms with Gasteiger partial charge in [0, 0.05) is 12.1 Å². The van der Waals surface area contributed by atoms with E-state index in [1.54, 1.807) is 6.07 Å². The van der Waals surface area contributed by atoms with Gasteiger partial charge in [0.15, 0.2) is 0 Å². The summed E-state index contributed by atoms with van der Waals surface area (Å²) in [5, 5.41) is 9.62. The molecule has 142 valence electrons. The van der Waals surface area contributed by atoms with Crippen molar-refractivity contribution in [3.63, 3.8) is 0 Å². The summed E-state index contributed by atoms with van der Waals surface area (Å²) in [7, 11) is 0. The van der Waals surface area contributed by atoms with Crippen LogP contribution in [0.3, 0.4) is 0 Å². The summed E-state index contributed by atoms with van der Waals surface area (Å²) in [5.74, 6) is 1.37. The average molecular weight is 369 g/mol.